The molecule has 0 aromatic carbocycles. The second-order valence-electron chi connectivity index (χ2n) is 5.55. The molecule has 1 saturated heterocycles. The Kier molecular flexibility index (Phi) is 4.39. The van der Waals surface area contributed by atoms with Crippen molar-refractivity contribution in [1.82, 2.24) is 10.6 Å². The second kappa shape index (κ2) is 5.88. The Morgan fingerprint density at radius 1 is 1.55 bits per heavy atom. The highest BCUT2D eigenvalue weighted by molar-refractivity contribution is 7.14. The van der Waals surface area contributed by atoms with Crippen molar-refractivity contribution in [3.05, 3.63) is 25.9 Å². The maximum Gasteiger partial charge on any atom is 0.283 e. The van der Waals surface area contributed by atoms with Gasteiger partial charge in [-0.15, -0.1) is 11.3 Å². The number of hydrogen-bond acceptors (Lipinski definition) is 5. The summed E-state index contributed by atoms with van der Waals surface area (Å²) in [6.07, 6.45) is 2.05. The summed E-state index contributed by atoms with van der Waals surface area (Å²) in [7, 11) is 0. The Labute approximate surface area is 121 Å². The van der Waals surface area contributed by atoms with Gasteiger partial charge in [0.1, 0.15) is 0 Å². The molecule has 1 amide bonds. The maximum atomic E-state index is 12.1. The molecule has 0 bridgehead atoms. The first-order chi connectivity index (χ1) is 9.41. The monoisotopic (exact) mass is 297 g/mol. The largest absolute Gasteiger partial charge is 0.351 e. The molecule has 1 aromatic rings. The molecule has 0 radical (unpaired) electrons. The van der Waals surface area contributed by atoms with Crippen molar-refractivity contribution >= 4 is 22.9 Å². The Morgan fingerprint density at radius 3 is 2.75 bits per heavy atom. The Morgan fingerprint density at radius 2 is 2.20 bits per heavy atom. The lowest BCUT2D eigenvalue weighted by molar-refractivity contribution is -0.385. The topological polar surface area (TPSA) is 84.3 Å². The number of carbonyl (C=O) groups is 1. The number of amides is 1. The van der Waals surface area contributed by atoms with Crippen LogP contribution in [-0.2, 0) is 0 Å². The third-order valence-electron chi connectivity index (χ3n) is 3.80. The lowest BCUT2D eigenvalue weighted by atomic mass is 9.81. The van der Waals surface area contributed by atoms with Crippen LogP contribution in [0.25, 0.3) is 0 Å². The first-order valence-corrected chi connectivity index (χ1v) is 7.47. The summed E-state index contributed by atoms with van der Waals surface area (Å²) in [6.45, 7) is 6.37. The minimum Gasteiger partial charge on any atom is -0.351 e. The highest BCUT2D eigenvalue weighted by Crippen LogP contribution is 2.29. The molecule has 1 aliphatic heterocycles. The summed E-state index contributed by atoms with van der Waals surface area (Å²) in [5.74, 6) is -0.217. The van der Waals surface area contributed by atoms with Gasteiger partial charge in [0.15, 0.2) is 0 Å². The van der Waals surface area contributed by atoms with Crippen molar-refractivity contribution in [3.63, 3.8) is 0 Å². The third-order valence-corrected chi connectivity index (χ3v) is 4.84. The molecular formula is C13H19N3O3S. The highest BCUT2D eigenvalue weighted by atomic mass is 32.1. The minimum atomic E-state index is -0.448. The van der Waals surface area contributed by atoms with Gasteiger partial charge >= 0.3 is 0 Å². The number of rotatable bonds is 4. The average Bonchev–Trinajstić information content (AvgIpc) is 2.79. The van der Waals surface area contributed by atoms with Gasteiger partial charge in [-0.25, -0.2) is 0 Å². The van der Waals surface area contributed by atoms with E-state index in [0.29, 0.717) is 16.3 Å². The third kappa shape index (κ3) is 3.34. The van der Waals surface area contributed by atoms with Crippen LogP contribution in [-0.4, -0.2) is 30.5 Å². The van der Waals surface area contributed by atoms with Gasteiger partial charge in [-0.05, 0) is 38.3 Å². The number of aryl methyl sites for hydroxylation is 1. The van der Waals surface area contributed by atoms with Crippen LogP contribution in [0.15, 0.2) is 6.07 Å². The van der Waals surface area contributed by atoms with Gasteiger partial charge in [-0.2, -0.15) is 0 Å². The molecule has 0 atom stereocenters. The number of thiophene rings is 1. The van der Waals surface area contributed by atoms with Crippen LogP contribution in [0, 0.1) is 22.5 Å². The van der Waals surface area contributed by atoms with E-state index in [2.05, 4.69) is 17.6 Å². The van der Waals surface area contributed by atoms with Crippen molar-refractivity contribution in [2.24, 2.45) is 5.41 Å². The van der Waals surface area contributed by atoms with E-state index in [-0.39, 0.29) is 17.0 Å². The Hall–Kier alpha value is -1.47. The van der Waals surface area contributed by atoms with Crippen molar-refractivity contribution in [2.45, 2.75) is 26.7 Å². The van der Waals surface area contributed by atoms with E-state index < -0.39 is 4.92 Å². The fourth-order valence-corrected chi connectivity index (χ4v) is 3.26. The number of nitrogens with zero attached hydrogens (tertiary/aromatic N) is 1. The molecule has 2 heterocycles. The zero-order valence-corrected chi connectivity index (χ0v) is 12.5. The van der Waals surface area contributed by atoms with E-state index in [1.165, 1.54) is 17.4 Å². The molecule has 0 unspecified atom stereocenters. The van der Waals surface area contributed by atoms with Gasteiger partial charge in [0.25, 0.3) is 11.6 Å². The van der Waals surface area contributed by atoms with Crippen LogP contribution in [0.3, 0.4) is 0 Å². The van der Waals surface area contributed by atoms with Crippen LogP contribution < -0.4 is 10.6 Å². The van der Waals surface area contributed by atoms with E-state index in [1.54, 1.807) is 6.92 Å². The SMILES string of the molecule is Cc1sc(C(=O)NCC2(C)CCNCC2)cc1[N+](=O)[O-]. The number of nitrogens with one attached hydrogen (secondary N) is 2. The molecule has 2 N–H and O–H groups in total. The summed E-state index contributed by atoms with van der Waals surface area (Å²) in [5.41, 5.74) is 0.132. The van der Waals surface area contributed by atoms with E-state index in [1.807, 2.05) is 0 Å². The van der Waals surface area contributed by atoms with E-state index in [9.17, 15) is 14.9 Å². The Bertz CT molecular complexity index is 521. The van der Waals surface area contributed by atoms with Gasteiger partial charge in [0.2, 0.25) is 0 Å². The fourth-order valence-electron chi connectivity index (χ4n) is 2.35. The number of piperidine rings is 1. The first kappa shape index (κ1) is 14.9. The maximum absolute atomic E-state index is 12.1. The quantitative estimate of drug-likeness (QED) is 0.658. The van der Waals surface area contributed by atoms with Crippen LogP contribution in [0.5, 0.6) is 0 Å². The average molecular weight is 297 g/mol. The van der Waals surface area contributed by atoms with Crippen molar-refractivity contribution in [2.75, 3.05) is 19.6 Å². The summed E-state index contributed by atoms with van der Waals surface area (Å²) < 4.78 is 0. The van der Waals surface area contributed by atoms with Gasteiger partial charge in [0.05, 0.1) is 14.7 Å². The second-order valence-corrected chi connectivity index (χ2v) is 6.81. The van der Waals surface area contributed by atoms with E-state index in [0.717, 1.165) is 25.9 Å². The minimum absolute atomic E-state index is 0.0215. The summed E-state index contributed by atoms with van der Waals surface area (Å²) in [6, 6.07) is 1.36. The molecule has 0 aliphatic carbocycles. The van der Waals surface area contributed by atoms with Crippen LogP contribution in [0.1, 0.15) is 34.3 Å². The molecule has 1 aromatic heterocycles. The smallest absolute Gasteiger partial charge is 0.283 e. The molecule has 1 fully saturated rings. The molecule has 110 valence electrons. The number of nitro groups is 1. The number of carbonyl (C=O) groups excluding carboxylic acids is 1. The standard InChI is InChI=1S/C13H19N3O3S/c1-9-10(16(18)19)7-11(20-9)12(17)15-8-13(2)3-5-14-6-4-13/h7,14H,3-6,8H2,1-2H3,(H,15,17). The molecule has 0 spiro atoms. The van der Waals surface area contributed by atoms with Crippen molar-refractivity contribution in [3.8, 4) is 0 Å². The molecule has 1 aliphatic rings. The summed E-state index contributed by atoms with van der Waals surface area (Å²) >= 11 is 1.17. The first-order valence-electron chi connectivity index (χ1n) is 6.65. The van der Waals surface area contributed by atoms with E-state index >= 15 is 0 Å². The molecule has 0 saturated carbocycles. The van der Waals surface area contributed by atoms with Crippen LogP contribution in [0.2, 0.25) is 0 Å². The lowest BCUT2D eigenvalue weighted by Crippen LogP contribution is -2.42. The van der Waals surface area contributed by atoms with Crippen LogP contribution >= 0.6 is 11.3 Å². The lowest BCUT2D eigenvalue weighted by Gasteiger charge is -2.34. The summed E-state index contributed by atoms with van der Waals surface area (Å²) in [5, 5.41) is 17.0. The highest BCUT2D eigenvalue weighted by Gasteiger charge is 2.28. The van der Waals surface area contributed by atoms with Gasteiger partial charge < -0.3 is 10.6 Å². The molecule has 20 heavy (non-hydrogen) atoms. The predicted molar refractivity (Wildman–Crippen MR) is 78.3 cm³/mol. The van der Waals surface area contributed by atoms with Gasteiger partial charge in [0, 0.05) is 12.6 Å². The zero-order valence-electron chi connectivity index (χ0n) is 11.7. The fraction of sp³-hybridized carbons (Fsp3) is 0.615. The van der Waals surface area contributed by atoms with Crippen molar-refractivity contribution < 1.29 is 9.72 Å². The van der Waals surface area contributed by atoms with Gasteiger partial charge in [-0.3, -0.25) is 14.9 Å². The van der Waals surface area contributed by atoms with Gasteiger partial charge in [-0.1, -0.05) is 6.92 Å². The normalized spacial score (nSPS) is 17.7. The number of hydrogen-bond donors (Lipinski definition) is 2. The predicted octanol–water partition coefficient (Wildman–Crippen LogP) is 2.08. The van der Waals surface area contributed by atoms with Crippen molar-refractivity contribution in [1.29, 1.82) is 0 Å². The molecule has 2 rings (SSSR count). The zero-order chi connectivity index (χ0) is 14.8. The molecule has 7 heteroatoms. The molecule has 6 nitrogen and oxygen atoms in total. The van der Waals surface area contributed by atoms with Crippen LogP contribution in [0.4, 0.5) is 5.69 Å². The molecular weight excluding hydrogens is 278 g/mol. The Balaban J connectivity index is 1.98. The summed E-state index contributed by atoms with van der Waals surface area (Å²) in [4.78, 5) is 23.4. The van der Waals surface area contributed by atoms with E-state index in [4.69, 9.17) is 0 Å².